The van der Waals surface area contributed by atoms with Gasteiger partial charge in [-0.25, -0.2) is 0 Å². The molecule has 21 heavy (non-hydrogen) atoms. The maximum Gasteiger partial charge on any atom is 0.573 e. The van der Waals surface area contributed by atoms with Gasteiger partial charge in [-0.05, 0) is 25.5 Å². The second-order valence-corrected chi connectivity index (χ2v) is 5.10. The van der Waals surface area contributed by atoms with E-state index in [-0.39, 0.29) is 17.7 Å². The third-order valence-electron chi connectivity index (χ3n) is 3.57. The Morgan fingerprint density at radius 2 is 2.14 bits per heavy atom. The van der Waals surface area contributed by atoms with Gasteiger partial charge in [-0.3, -0.25) is 0 Å². The van der Waals surface area contributed by atoms with E-state index in [9.17, 15) is 13.2 Å². The number of benzene rings is 1. The molecule has 1 aliphatic heterocycles. The molecule has 3 nitrogen and oxygen atoms in total. The first-order valence-corrected chi connectivity index (χ1v) is 7.17. The number of para-hydroxylation sites is 1. The third-order valence-corrected chi connectivity index (χ3v) is 3.57. The largest absolute Gasteiger partial charge is 0.573 e. The second-order valence-electron chi connectivity index (χ2n) is 5.10. The SMILES string of the molecule is CCNC(c1ccccc1OC(F)(F)F)C1CCCOC1. The minimum Gasteiger partial charge on any atom is -0.405 e. The Morgan fingerprint density at radius 3 is 2.76 bits per heavy atom. The molecule has 0 spiro atoms. The number of hydrogen-bond donors (Lipinski definition) is 1. The van der Waals surface area contributed by atoms with Gasteiger partial charge in [-0.1, -0.05) is 25.1 Å². The van der Waals surface area contributed by atoms with Gasteiger partial charge in [-0.2, -0.15) is 0 Å². The van der Waals surface area contributed by atoms with Crippen molar-refractivity contribution in [3.05, 3.63) is 29.8 Å². The minimum absolute atomic E-state index is 0.137. The molecule has 2 atom stereocenters. The van der Waals surface area contributed by atoms with E-state index in [1.54, 1.807) is 18.2 Å². The zero-order valence-corrected chi connectivity index (χ0v) is 12.0. The summed E-state index contributed by atoms with van der Waals surface area (Å²) in [5, 5.41) is 3.27. The molecule has 0 bridgehead atoms. The van der Waals surface area contributed by atoms with Gasteiger partial charge in [0.15, 0.2) is 0 Å². The second kappa shape index (κ2) is 7.13. The van der Waals surface area contributed by atoms with E-state index in [4.69, 9.17) is 4.74 Å². The standard InChI is InChI=1S/C15H20F3NO2/c1-2-19-14(11-6-5-9-20-10-11)12-7-3-4-8-13(12)21-15(16,17)18/h3-4,7-8,11,14,19H,2,5-6,9-10H2,1H3. The summed E-state index contributed by atoms with van der Waals surface area (Å²) >= 11 is 0. The van der Waals surface area contributed by atoms with E-state index >= 15 is 0 Å². The van der Waals surface area contributed by atoms with Crippen molar-refractivity contribution in [3.8, 4) is 5.75 Å². The molecule has 1 saturated heterocycles. The number of hydrogen-bond acceptors (Lipinski definition) is 3. The summed E-state index contributed by atoms with van der Waals surface area (Å²) in [5.41, 5.74) is 0.534. The Bertz CT molecular complexity index is 445. The smallest absolute Gasteiger partial charge is 0.405 e. The highest BCUT2D eigenvalue weighted by Crippen LogP contribution is 2.36. The van der Waals surface area contributed by atoms with Gasteiger partial charge < -0.3 is 14.8 Å². The number of rotatable bonds is 5. The highest BCUT2D eigenvalue weighted by molar-refractivity contribution is 5.36. The molecule has 6 heteroatoms. The quantitative estimate of drug-likeness (QED) is 0.900. The third kappa shape index (κ3) is 4.61. The van der Waals surface area contributed by atoms with Crippen molar-refractivity contribution in [1.82, 2.24) is 5.32 Å². The van der Waals surface area contributed by atoms with Gasteiger partial charge in [-0.15, -0.1) is 13.2 Å². The molecule has 0 aromatic heterocycles. The summed E-state index contributed by atoms with van der Waals surface area (Å²) < 4.78 is 47.3. The Hall–Kier alpha value is -1.27. The number of nitrogens with one attached hydrogen (secondary N) is 1. The molecular weight excluding hydrogens is 283 g/mol. The van der Waals surface area contributed by atoms with E-state index in [0.717, 1.165) is 19.4 Å². The lowest BCUT2D eigenvalue weighted by atomic mass is 9.88. The van der Waals surface area contributed by atoms with Crippen LogP contribution in [0.15, 0.2) is 24.3 Å². The number of ether oxygens (including phenoxy) is 2. The molecule has 1 aromatic carbocycles. The lowest BCUT2D eigenvalue weighted by Crippen LogP contribution is -2.34. The molecule has 0 aliphatic carbocycles. The van der Waals surface area contributed by atoms with Crippen LogP contribution < -0.4 is 10.1 Å². The molecule has 0 saturated carbocycles. The van der Waals surface area contributed by atoms with Crippen LogP contribution in [0.2, 0.25) is 0 Å². The zero-order chi connectivity index (χ0) is 15.3. The minimum atomic E-state index is -4.68. The van der Waals surface area contributed by atoms with Gasteiger partial charge in [0, 0.05) is 24.1 Å². The van der Waals surface area contributed by atoms with Crippen LogP contribution in [0.3, 0.4) is 0 Å². The zero-order valence-electron chi connectivity index (χ0n) is 12.0. The van der Waals surface area contributed by atoms with Crippen LogP contribution in [0.4, 0.5) is 13.2 Å². The van der Waals surface area contributed by atoms with Crippen LogP contribution in [0.25, 0.3) is 0 Å². The molecule has 1 N–H and O–H groups in total. The summed E-state index contributed by atoms with van der Waals surface area (Å²) in [6, 6.07) is 6.12. The van der Waals surface area contributed by atoms with Gasteiger partial charge in [0.25, 0.3) is 0 Å². The molecule has 1 aromatic rings. The normalized spacial score (nSPS) is 21.0. The van der Waals surface area contributed by atoms with Crippen molar-refractivity contribution in [1.29, 1.82) is 0 Å². The van der Waals surface area contributed by atoms with Crippen molar-refractivity contribution in [3.63, 3.8) is 0 Å². The van der Waals surface area contributed by atoms with Crippen molar-refractivity contribution in [2.45, 2.75) is 32.2 Å². The first-order valence-electron chi connectivity index (χ1n) is 7.17. The fourth-order valence-electron chi connectivity index (χ4n) is 2.73. The van der Waals surface area contributed by atoms with E-state index < -0.39 is 6.36 Å². The highest BCUT2D eigenvalue weighted by Gasteiger charge is 2.34. The molecule has 2 unspecified atom stereocenters. The number of alkyl halides is 3. The lowest BCUT2D eigenvalue weighted by Gasteiger charge is -2.32. The summed E-state index contributed by atoms with van der Waals surface area (Å²) in [7, 11) is 0. The van der Waals surface area contributed by atoms with Crippen molar-refractivity contribution < 1.29 is 22.6 Å². The van der Waals surface area contributed by atoms with E-state index in [1.807, 2.05) is 6.92 Å². The van der Waals surface area contributed by atoms with Gasteiger partial charge >= 0.3 is 6.36 Å². The van der Waals surface area contributed by atoms with Crippen LogP contribution in [-0.4, -0.2) is 26.1 Å². The van der Waals surface area contributed by atoms with Crippen LogP contribution in [0, 0.1) is 5.92 Å². The summed E-state index contributed by atoms with van der Waals surface area (Å²) in [5.74, 6) is 0.0122. The first kappa shape index (κ1) is 16.1. The van der Waals surface area contributed by atoms with Crippen molar-refractivity contribution >= 4 is 0 Å². The number of halogens is 3. The maximum atomic E-state index is 12.5. The highest BCUT2D eigenvalue weighted by atomic mass is 19.4. The topological polar surface area (TPSA) is 30.5 Å². The van der Waals surface area contributed by atoms with Crippen molar-refractivity contribution in [2.75, 3.05) is 19.8 Å². The Balaban J connectivity index is 2.26. The van der Waals surface area contributed by atoms with E-state index in [2.05, 4.69) is 10.1 Å². The predicted molar refractivity (Wildman–Crippen MR) is 73.1 cm³/mol. The summed E-state index contributed by atoms with van der Waals surface area (Å²) in [6.45, 7) is 3.87. The van der Waals surface area contributed by atoms with Gasteiger partial charge in [0.2, 0.25) is 0 Å². The van der Waals surface area contributed by atoms with Crippen LogP contribution in [0.5, 0.6) is 5.75 Å². The fraction of sp³-hybridized carbons (Fsp3) is 0.600. The molecule has 1 fully saturated rings. The molecule has 0 amide bonds. The van der Waals surface area contributed by atoms with Crippen LogP contribution in [0.1, 0.15) is 31.4 Å². The molecular formula is C15H20F3NO2. The molecule has 2 rings (SSSR count). The molecule has 1 heterocycles. The fourth-order valence-corrected chi connectivity index (χ4v) is 2.73. The van der Waals surface area contributed by atoms with Crippen molar-refractivity contribution in [2.24, 2.45) is 5.92 Å². The average molecular weight is 303 g/mol. The lowest BCUT2D eigenvalue weighted by molar-refractivity contribution is -0.275. The summed E-state index contributed by atoms with van der Waals surface area (Å²) in [6.07, 6.45) is -2.83. The summed E-state index contributed by atoms with van der Waals surface area (Å²) in [4.78, 5) is 0. The monoisotopic (exact) mass is 303 g/mol. The Morgan fingerprint density at radius 1 is 1.38 bits per heavy atom. The van der Waals surface area contributed by atoms with Gasteiger partial charge in [0.1, 0.15) is 5.75 Å². The van der Waals surface area contributed by atoms with Crippen LogP contribution in [-0.2, 0) is 4.74 Å². The van der Waals surface area contributed by atoms with E-state index in [0.29, 0.717) is 18.7 Å². The molecule has 118 valence electrons. The van der Waals surface area contributed by atoms with Crippen LogP contribution >= 0.6 is 0 Å². The predicted octanol–water partition coefficient (Wildman–Crippen LogP) is 3.66. The molecule has 0 radical (unpaired) electrons. The van der Waals surface area contributed by atoms with Gasteiger partial charge in [0.05, 0.1) is 6.61 Å². The maximum absolute atomic E-state index is 12.5. The average Bonchev–Trinajstić information content (AvgIpc) is 2.45. The molecule has 1 aliphatic rings. The Kier molecular flexibility index (Phi) is 5.47. The first-order chi connectivity index (χ1) is 10.0. The Labute approximate surface area is 122 Å². The van der Waals surface area contributed by atoms with E-state index in [1.165, 1.54) is 6.07 Å².